The number of rotatable bonds is 4. The highest BCUT2D eigenvalue weighted by atomic mass is 16.6. The van der Waals surface area contributed by atoms with Crippen molar-refractivity contribution in [1.29, 1.82) is 0 Å². The van der Waals surface area contributed by atoms with Gasteiger partial charge in [-0.05, 0) is 31.9 Å². The summed E-state index contributed by atoms with van der Waals surface area (Å²) in [6.45, 7) is 4.16. The van der Waals surface area contributed by atoms with E-state index in [9.17, 15) is 9.59 Å². The number of fused-ring (bicyclic) bond motifs is 1. The molecule has 0 saturated carbocycles. The van der Waals surface area contributed by atoms with E-state index in [0.29, 0.717) is 68.6 Å². The summed E-state index contributed by atoms with van der Waals surface area (Å²) in [4.78, 5) is 26.0. The van der Waals surface area contributed by atoms with Crippen LogP contribution in [0.4, 0.5) is 4.79 Å². The molecule has 1 N–H and O–H groups in total. The normalized spacial score (nSPS) is 16.8. The van der Waals surface area contributed by atoms with Crippen molar-refractivity contribution in [3.05, 3.63) is 17.7 Å². The van der Waals surface area contributed by atoms with E-state index >= 15 is 0 Å². The molecule has 1 saturated heterocycles. The summed E-state index contributed by atoms with van der Waals surface area (Å²) < 4.78 is 21.4. The number of amides is 2. The minimum absolute atomic E-state index is 0.00683. The third-order valence-corrected chi connectivity index (χ3v) is 4.45. The first-order chi connectivity index (χ1) is 12.6. The molecule has 2 heterocycles. The van der Waals surface area contributed by atoms with Crippen molar-refractivity contribution in [2.24, 2.45) is 0 Å². The van der Waals surface area contributed by atoms with Gasteiger partial charge in [0.05, 0.1) is 13.7 Å². The van der Waals surface area contributed by atoms with Crippen molar-refractivity contribution >= 4 is 12.0 Å². The molecule has 2 aliphatic heterocycles. The van der Waals surface area contributed by atoms with E-state index in [0.717, 1.165) is 0 Å². The maximum absolute atomic E-state index is 12.6. The summed E-state index contributed by atoms with van der Waals surface area (Å²) >= 11 is 0. The van der Waals surface area contributed by atoms with Crippen LogP contribution in [0.15, 0.2) is 12.1 Å². The first kappa shape index (κ1) is 18.2. The summed E-state index contributed by atoms with van der Waals surface area (Å²) in [5.41, 5.74) is 0.457. The Hall–Kier alpha value is -2.64. The van der Waals surface area contributed by atoms with Crippen molar-refractivity contribution in [2.75, 3.05) is 40.0 Å². The molecule has 0 spiro atoms. The molecule has 3 rings (SSSR count). The van der Waals surface area contributed by atoms with E-state index in [1.165, 1.54) is 7.11 Å². The molecule has 0 aromatic heterocycles. The Morgan fingerprint density at radius 2 is 1.96 bits per heavy atom. The van der Waals surface area contributed by atoms with E-state index < -0.39 is 0 Å². The molecule has 0 radical (unpaired) electrons. The monoisotopic (exact) mass is 364 g/mol. The molecule has 0 bridgehead atoms. The summed E-state index contributed by atoms with van der Waals surface area (Å²) in [5, 5.41) is 3.02. The zero-order valence-corrected chi connectivity index (χ0v) is 15.1. The molecular weight excluding hydrogens is 340 g/mol. The van der Waals surface area contributed by atoms with E-state index in [1.54, 1.807) is 24.0 Å². The van der Waals surface area contributed by atoms with Crippen LogP contribution in [-0.2, 0) is 4.74 Å². The first-order valence-corrected chi connectivity index (χ1v) is 8.82. The number of hydrogen-bond donors (Lipinski definition) is 1. The topological polar surface area (TPSA) is 86.3 Å². The van der Waals surface area contributed by atoms with Crippen molar-refractivity contribution in [3.8, 4) is 17.2 Å². The fourth-order valence-corrected chi connectivity index (χ4v) is 3.09. The molecule has 8 nitrogen and oxygen atoms in total. The number of likely N-dealkylation sites (tertiary alicyclic amines) is 1. The number of nitrogens with one attached hydrogen (secondary N) is 1. The Morgan fingerprint density at radius 1 is 1.23 bits per heavy atom. The van der Waals surface area contributed by atoms with Gasteiger partial charge in [-0.3, -0.25) is 4.79 Å². The molecule has 1 fully saturated rings. The van der Waals surface area contributed by atoms with Gasteiger partial charge in [-0.1, -0.05) is 0 Å². The van der Waals surface area contributed by atoms with Crippen LogP contribution in [0, 0.1) is 0 Å². The molecular formula is C18H24N2O6. The van der Waals surface area contributed by atoms with Gasteiger partial charge in [-0.25, -0.2) is 4.79 Å². The minimum atomic E-state index is -0.297. The van der Waals surface area contributed by atoms with Crippen LogP contribution in [0.2, 0.25) is 0 Å². The summed E-state index contributed by atoms with van der Waals surface area (Å²) in [6.07, 6.45) is 1.08. The average Bonchev–Trinajstić information content (AvgIpc) is 2.67. The van der Waals surface area contributed by atoms with Crippen molar-refractivity contribution in [1.82, 2.24) is 10.2 Å². The van der Waals surface area contributed by atoms with Gasteiger partial charge in [-0.2, -0.15) is 0 Å². The lowest BCUT2D eigenvalue weighted by atomic mass is 10.0. The second-order valence-electron chi connectivity index (χ2n) is 6.14. The van der Waals surface area contributed by atoms with Crippen LogP contribution in [0.25, 0.3) is 0 Å². The van der Waals surface area contributed by atoms with Crippen molar-refractivity contribution in [2.45, 2.75) is 25.8 Å². The molecule has 0 atom stereocenters. The third kappa shape index (κ3) is 3.95. The third-order valence-electron chi connectivity index (χ3n) is 4.45. The molecule has 1 aromatic rings. The molecule has 0 unspecified atom stereocenters. The van der Waals surface area contributed by atoms with Crippen LogP contribution in [0.1, 0.15) is 30.1 Å². The fourth-order valence-electron chi connectivity index (χ4n) is 3.09. The zero-order valence-electron chi connectivity index (χ0n) is 15.1. The molecule has 2 aliphatic rings. The van der Waals surface area contributed by atoms with E-state index in [4.69, 9.17) is 18.9 Å². The summed E-state index contributed by atoms with van der Waals surface area (Å²) in [6, 6.07) is 3.32. The molecule has 8 heteroatoms. The van der Waals surface area contributed by atoms with Gasteiger partial charge >= 0.3 is 6.09 Å². The molecule has 142 valence electrons. The number of hydrogen-bond acceptors (Lipinski definition) is 6. The van der Waals surface area contributed by atoms with Crippen molar-refractivity contribution in [3.63, 3.8) is 0 Å². The van der Waals surface area contributed by atoms with Crippen molar-refractivity contribution < 1.29 is 28.5 Å². The van der Waals surface area contributed by atoms with Crippen LogP contribution in [0.5, 0.6) is 17.2 Å². The Balaban J connectivity index is 1.61. The highest BCUT2D eigenvalue weighted by molar-refractivity contribution is 5.95. The number of carbonyl (C=O) groups is 2. The lowest BCUT2D eigenvalue weighted by molar-refractivity contribution is 0.0858. The first-order valence-electron chi connectivity index (χ1n) is 8.82. The Kier molecular flexibility index (Phi) is 5.70. The highest BCUT2D eigenvalue weighted by Crippen LogP contribution is 2.40. The lowest BCUT2D eigenvalue weighted by Gasteiger charge is -2.31. The Bertz CT molecular complexity index is 653. The van der Waals surface area contributed by atoms with E-state index in [-0.39, 0.29) is 18.0 Å². The maximum Gasteiger partial charge on any atom is 0.409 e. The number of piperidine rings is 1. The standard InChI is InChI=1S/C18H24N2O6/c1-3-24-18(22)20-6-4-13(5-7-20)19-17(21)12-10-14(23-2)16-15(11-12)25-8-9-26-16/h10-11,13H,3-9H2,1-2H3,(H,19,21). The second-order valence-corrected chi connectivity index (χ2v) is 6.14. The van der Waals surface area contributed by atoms with Gasteiger partial charge in [0.15, 0.2) is 11.5 Å². The predicted molar refractivity (Wildman–Crippen MR) is 93.1 cm³/mol. The van der Waals surface area contributed by atoms with E-state index in [2.05, 4.69) is 5.32 Å². The highest BCUT2D eigenvalue weighted by Gasteiger charge is 2.26. The minimum Gasteiger partial charge on any atom is -0.493 e. The fraction of sp³-hybridized carbons (Fsp3) is 0.556. The maximum atomic E-state index is 12.6. The zero-order chi connectivity index (χ0) is 18.5. The van der Waals surface area contributed by atoms with Gasteiger partial charge in [0, 0.05) is 24.7 Å². The molecule has 1 aromatic carbocycles. The van der Waals surface area contributed by atoms with Gasteiger partial charge < -0.3 is 29.2 Å². The quantitative estimate of drug-likeness (QED) is 0.877. The smallest absolute Gasteiger partial charge is 0.409 e. The van der Waals surface area contributed by atoms with Crippen LogP contribution < -0.4 is 19.5 Å². The lowest BCUT2D eigenvalue weighted by Crippen LogP contribution is -2.46. The van der Waals surface area contributed by atoms with Crippen LogP contribution in [0.3, 0.4) is 0 Å². The predicted octanol–water partition coefficient (Wildman–Crippen LogP) is 1.82. The van der Waals surface area contributed by atoms with Gasteiger partial charge in [0.25, 0.3) is 5.91 Å². The van der Waals surface area contributed by atoms with Gasteiger partial charge in [0.2, 0.25) is 5.75 Å². The van der Waals surface area contributed by atoms with Gasteiger partial charge in [-0.15, -0.1) is 0 Å². The number of carbonyl (C=O) groups excluding carboxylic acids is 2. The molecule has 0 aliphatic carbocycles. The SMILES string of the molecule is CCOC(=O)N1CCC(NC(=O)c2cc(OC)c3c(c2)OCCO3)CC1. The number of nitrogens with zero attached hydrogens (tertiary/aromatic N) is 1. The Morgan fingerprint density at radius 3 is 2.65 bits per heavy atom. The number of ether oxygens (including phenoxy) is 4. The summed E-state index contributed by atoms with van der Waals surface area (Å²) in [7, 11) is 1.53. The summed E-state index contributed by atoms with van der Waals surface area (Å²) in [5.74, 6) is 1.32. The van der Waals surface area contributed by atoms with Crippen LogP contribution >= 0.6 is 0 Å². The largest absolute Gasteiger partial charge is 0.493 e. The number of benzene rings is 1. The molecule has 26 heavy (non-hydrogen) atoms. The van der Waals surface area contributed by atoms with E-state index in [1.807, 2.05) is 0 Å². The average molecular weight is 364 g/mol. The van der Waals surface area contributed by atoms with Crippen LogP contribution in [-0.4, -0.2) is 63.0 Å². The second kappa shape index (κ2) is 8.16. The Labute approximate surface area is 152 Å². The number of methoxy groups -OCH3 is 1. The molecule has 2 amide bonds. The van der Waals surface area contributed by atoms with Gasteiger partial charge in [0.1, 0.15) is 13.2 Å².